The van der Waals surface area contributed by atoms with Crippen LogP contribution in [0.5, 0.6) is 0 Å². The summed E-state index contributed by atoms with van der Waals surface area (Å²) in [5.74, 6) is 5.74. The lowest BCUT2D eigenvalue weighted by atomic mass is 10.1. The molecule has 6 nitrogen and oxygen atoms in total. The van der Waals surface area contributed by atoms with E-state index in [0.717, 1.165) is 10.6 Å². The van der Waals surface area contributed by atoms with E-state index in [1.165, 1.54) is 0 Å². The zero-order valence-corrected chi connectivity index (χ0v) is 11.1. The number of hydrazine groups is 1. The predicted molar refractivity (Wildman–Crippen MR) is 66.5 cm³/mol. The van der Waals surface area contributed by atoms with Crippen LogP contribution in [-0.4, -0.2) is 46.2 Å². The van der Waals surface area contributed by atoms with E-state index < -0.39 is 17.7 Å². The third-order valence-corrected chi connectivity index (χ3v) is 2.88. The molecule has 6 heteroatoms. The van der Waals surface area contributed by atoms with Crippen LogP contribution in [0.1, 0.15) is 33.6 Å². The van der Waals surface area contributed by atoms with Crippen molar-refractivity contribution < 1.29 is 19.7 Å². The van der Waals surface area contributed by atoms with Crippen LogP contribution in [-0.2, 0) is 4.74 Å². The van der Waals surface area contributed by atoms with Gasteiger partial charge in [0.05, 0.1) is 19.3 Å². The lowest BCUT2D eigenvalue weighted by Gasteiger charge is -2.29. The van der Waals surface area contributed by atoms with Crippen molar-refractivity contribution in [2.45, 2.75) is 45.3 Å². The molecule has 18 heavy (non-hydrogen) atoms. The minimum absolute atomic E-state index is 0.117. The number of nitrogens with zero attached hydrogens (tertiary/aromatic N) is 1. The lowest BCUT2D eigenvalue weighted by molar-refractivity contribution is 0.0181. The normalized spacial score (nSPS) is 20.2. The van der Waals surface area contributed by atoms with Crippen LogP contribution in [0.15, 0.2) is 11.1 Å². The summed E-state index contributed by atoms with van der Waals surface area (Å²) in [4.78, 5) is 11.8. The van der Waals surface area contributed by atoms with Crippen molar-refractivity contribution in [3.63, 3.8) is 0 Å². The molecule has 0 spiro atoms. The van der Waals surface area contributed by atoms with Gasteiger partial charge >= 0.3 is 6.09 Å². The van der Waals surface area contributed by atoms with Gasteiger partial charge in [-0.25, -0.2) is 15.6 Å². The summed E-state index contributed by atoms with van der Waals surface area (Å²) < 4.78 is 5.17. The van der Waals surface area contributed by atoms with E-state index in [2.05, 4.69) is 0 Å². The molecule has 0 saturated heterocycles. The number of nitrogens with two attached hydrogens (primary N) is 1. The fourth-order valence-corrected chi connectivity index (χ4v) is 2.03. The van der Waals surface area contributed by atoms with Crippen molar-refractivity contribution in [3.8, 4) is 0 Å². The molecule has 1 aliphatic carbocycles. The monoisotopic (exact) mass is 258 g/mol. The Labute approximate surface area is 107 Å². The van der Waals surface area contributed by atoms with E-state index >= 15 is 0 Å². The van der Waals surface area contributed by atoms with E-state index in [0.29, 0.717) is 18.4 Å². The van der Waals surface area contributed by atoms with Crippen molar-refractivity contribution in [3.05, 3.63) is 11.1 Å². The molecule has 1 amide bonds. The Morgan fingerprint density at radius 2 is 2.06 bits per heavy atom. The van der Waals surface area contributed by atoms with Gasteiger partial charge in [-0.05, 0) is 44.8 Å². The van der Waals surface area contributed by atoms with E-state index in [1.807, 2.05) is 0 Å². The molecule has 0 heterocycles. The first-order chi connectivity index (χ1) is 8.30. The van der Waals surface area contributed by atoms with E-state index in [1.54, 1.807) is 20.8 Å². The van der Waals surface area contributed by atoms with Crippen molar-refractivity contribution in [2.75, 3.05) is 13.2 Å². The Morgan fingerprint density at radius 3 is 2.50 bits per heavy atom. The molecule has 104 valence electrons. The number of rotatable bonds is 3. The number of carbonyl (C=O) groups excluding carboxylic acids is 1. The molecule has 0 radical (unpaired) electrons. The average Bonchev–Trinajstić information content (AvgIpc) is 2.67. The number of hydrogen-bond donors (Lipinski definition) is 3. The highest BCUT2D eigenvalue weighted by atomic mass is 16.6. The number of aliphatic hydroxyl groups excluding tert-OH is 2. The number of hydrogen-bond acceptors (Lipinski definition) is 5. The molecule has 1 aliphatic rings. The summed E-state index contributed by atoms with van der Waals surface area (Å²) in [5, 5.41) is 19.4. The summed E-state index contributed by atoms with van der Waals surface area (Å²) in [6, 6.07) is -0.396. The highest BCUT2D eigenvalue weighted by molar-refractivity contribution is 5.68. The minimum Gasteiger partial charge on any atom is -0.443 e. The Hall–Kier alpha value is -1.11. The van der Waals surface area contributed by atoms with E-state index in [4.69, 9.17) is 15.7 Å². The summed E-state index contributed by atoms with van der Waals surface area (Å²) in [7, 11) is 0. The van der Waals surface area contributed by atoms with Gasteiger partial charge in [-0.2, -0.15) is 0 Å². The SMILES string of the molecule is CC(C)(C)OC(=O)N(N)C1CCC(CO)=C1CO. The molecule has 4 N–H and O–H groups in total. The summed E-state index contributed by atoms with van der Waals surface area (Å²) >= 11 is 0. The molecule has 0 aromatic rings. The van der Waals surface area contributed by atoms with Gasteiger partial charge in [-0.15, -0.1) is 0 Å². The zero-order valence-electron chi connectivity index (χ0n) is 11.1. The molecule has 1 unspecified atom stereocenters. The fourth-order valence-electron chi connectivity index (χ4n) is 2.03. The van der Waals surface area contributed by atoms with Crippen molar-refractivity contribution in [1.29, 1.82) is 0 Å². The van der Waals surface area contributed by atoms with Crippen LogP contribution >= 0.6 is 0 Å². The summed E-state index contributed by atoms with van der Waals surface area (Å²) in [6.07, 6.45) is 0.604. The predicted octanol–water partition coefficient (Wildman–Crippen LogP) is 0.541. The van der Waals surface area contributed by atoms with Gasteiger partial charge in [0.2, 0.25) is 0 Å². The Kier molecular flexibility index (Phi) is 4.72. The first-order valence-electron chi connectivity index (χ1n) is 5.99. The van der Waals surface area contributed by atoms with E-state index in [9.17, 15) is 9.90 Å². The van der Waals surface area contributed by atoms with Gasteiger partial charge in [-0.3, -0.25) is 0 Å². The molecule has 0 bridgehead atoms. The third kappa shape index (κ3) is 3.44. The van der Waals surface area contributed by atoms with Crippen LogP contribution in [0.25, 0.3) is 0 Å². The number of carbonyl (C=O) groups is 1. The van der Waals surface area contributed by atoms with Gasteiger partial charge in [0.1, 0.15) is 5.60 Å². The van der Waals surface area contributed by atoms with Gasteiger partial charge in [0, 0.05) is 0 Å². The maximum atomic E-state index is 11.8. The second-order valence-corrected chi connectivity index (χ2v) is 5.39. The van der Waals surface area contributed by atoms with Gasteiger partial charge in [0.25, 0.3) is 0 Å². The highest BCUT2D eigenvalue weighted by Crippen LogP contribution is 2.29. The second-order valence-electron chi connectivity index (χ2n) is 5.39. The standard InChI is InChI=1S/C12H22N2O4/c1-12(2,3)18-11(17)14(13)10-5-4-8(6-15)9(10)7-16/h10,15-16H,4-7,13H2,1-3H3. The smallest absolute Gasteiger partial charge is 0.425 e. The topological polar surface area (TPSA) is 96.0 Å². The summed E-state index contributed by atoms with van der Waals surface area (Å²) in [6.45, 7) is 4.95. The first-order valence-corrected chi connectivity index (χ1v) is 5.99. The average molecular weight is 258 g/mol. The number of ether oxygens (including phenoxy) is 1. The quantitative estimate of drug-likeness (QED) is 0.297. The summed E-state index contributed by atoms with van der Waals surface area (Å²) in [5.41, 5.74) is 0.753. The molecule has 0 saturated carbocycles. The molecule has 0 aliphatic heterocycles. The molecule has 1 rings (SSSR count). The van der Waals surface area contributed by atoms with Crippen molar-refractivity contribution in [1.82, 2.24) is 5.01 Å². The second kappa shape index (κ2) is 5.69. The van der Waals surface area contributed by atoms with Crippen LogP contribution in [0.2, 0.25) is 0 Å². The molecular formula is C12H22N2O4. The molecule has 0 aromatic carbocycles. The zero-order chi connectivity index (χ0) is 13.9. The first kappa shape index (κ1) is 14.9. The maximum Gasteiger partial charge on any atom is 0.425 e. The van der Waals surface area contributed by atoms with Crippen LogP contribution in [0.4, 0.5) is 4.79 Å². The molecule has 1 atom stereocenters. The third-order valence-electron chi connectivity index (χ3n) is 2.88. The van der Waals surface area contributed by atoms with Crippen molar-refractivity contribution >= 4 is 6.09 Å². The Balaban J connectivity index is 2.76. The molecule has 0 aromatic heterocycles. The lowest BCUT2D eigenvalue weighted by Crippen LogP contribution is -2.48. The van der Waals surface area contributed by atoms with Crippen molar-refractivity contribution in [2.24, 2.45) is 5.84 Å². The van der Waals surface area contributed by atoms with Crippen LogP contribution in [0.3, 0.4) is 0 Å². The Morgan fingerprint density at radius 1 is 1.44 bits per heavy atom. The van der Waals surface area contributed by atoms with Gasteiger partial charge in [0.15, 0.2) is 0 Å². The minimum atomic E-state index is -0.627. The number of amides is 1. The number of aliphatic hydroxyl groups is 2. The van der Waals surface area contributed by atoms with Gasteiger partial charge < -0.3 is 14.9 Å². The Bertz CT molecular complexity index is 346. The van der Waals surface area contributed by atoms with Crippen LogP contribution < -0.4 is 5.84 Å². The maximum absolute atomic E-state index is 11.8. The molecule has 0 fully saturated rings. The van der Waals surface area contributed by atoms with Crippen LogP contribution in [0, 0.1) is 0 Å². The van der Waals surface area contributed by atoms with E-state index in [-0.39, 0.29) is 13.2 Å². The fraction of sp³-hybridized carbons (Fsp3) is 0.750. The molecular weight excluding hydrogens is 236 g/mol. The largest absolute Gasteiger partial charge is 0.443 e. The highest BCUT2D eigenvalue weighted by Gasteiger charge is 2.33. The van der Waals surface area contributed by atoms with Gasteiger partial charge in [-0.1, -0.05) is 0 Å².